The molecule has 50 valence electrons. The molecule has 0 amide bonds. The van der Waals surface area contributed by atoms with Gasteiger partial charge < -0.3 is 0 Å². The Labute approximate surface area is 68.7 Å². The summed E-state index contributed by atoms with van der Waals surface area (Å²) in [4.78, 5) is -0.155. The summed E-state index contributed by atoms with van der Waals surface area (Å²) < 4.78 is 1.13. The van der Waals surface area contributed by atoms with E-state index in [0.29, 0.717) is 0 Å². The Kier molecular flexibility index (Phi) is 2.02. The smallest absolute Gasteiger partial charge is 0.0636 e. The standard InChI is InChI=1S/C7H8BrCl/c1-7(9)4-2-6(8)3-5-7/h2-4H,5H2,1H3. The number of hydrogen-bond acceptors (Lipinski definition) is 0. The molecular weight excluding hydrogens is 199 g/mol. The van der Waals surface area contributed by atoms with Crippen molar-refractivity contribution in [3.05, 3.63) is 22.7 Å². The first-order valence-corrected chi connectivity index (χ1v) is 4.01. The number of rotatable bonds is 0. The summed E-state index contributed by atoms with van der Waals surface area (Å²) >= 11 is 9.34. The van der Waals surface area contributed by atoms with Gasteiger partial charge in [-0.15, -0.1) is 11.6 Å². The highest BCUT2D eigenvalue weighted by Crippen LogP contribution is 2.28. The molecule has 0 saturated heterocycles. The molecule has 1 aliphatic carbocycles. The monoisotopic (exact) mass is 206 g/mol. The lowest BCUT2D eigenvalue weighted by Gasteiger charge is -2.17. The number of hydrogen-bond donors (Lipinski definition) is 0. The third-order valence-electron chi connectivity index (χ3n) is 1.29. The molecule has 0 N–H and O–H groups in total. The van der Waals surface area contributed by atoms with Crippen molar-refractivity contribution in [2.45, 2.75) is 18.2 Å². The average Bonchev–Trinajstić information content (AvgIpc) is 1.78. The number of allylic oxidation sites excluding steroid dienone is 4. The predicted octanol–water partition coefficient (Wildman–Crippen LogP) is 3.22. The summed E-state index contributed by atoms with van der Waals surface area (Å²) in [5, 5.41) is 0. The zero-order chi connectivity index (χ0) is 6.91. The van der Waals surface area contributed by atoms with E-state index >= 15 is 0 Å². The van der Waals surface area contributed by atoms with Gasteiger partial charge in [0.25, 0.3) is 0 Å². The predicted molar refractivity (Wildman–Crippen MR) is 45.0 cm³/mol. The molecule has 0 saturated carbocycles. The van der Waals surface area contributed by atoms with Crippen molar-refractivity contribution >= 4 is 27.5 Å². The van der Waals surface area contributed by atoms with Gasteiger partial charge in [-0.3, -0.25) is 0 Å². The largest absolute Gasteiger partial charge is 0.115 e. The van der Waals surface area contributed by atoms with Crippen LogP contribution in [0.15, 0.2) is 22.7 Å². The highest BCUT2D eigenvalue weighted by molar-refractivity contribution is 9.11. The van der Waals surface area contributed by atoms with Gasteiger partial charge in [0.05, 0.1) is 4.87 Å². The molecule has 0 aromatic carbocycles. The van der Waals surface area contributed by atoms with Crippen LogP contribution in [0.4, 0.5) is 0 Å². The van der Waals surface area contributed by atoms with Crippen LogP contribution in [0.2, 0.25) is 0 Å². The zero-order valence-electron chi connectivity index (χ0n) is 5.20. The Morgan fingerprint density at radius 3 is 2.78 bits per heavy atom. The van der Waals surface area contributed by atoms with Gasteiger partial charge in [-0.2, -0.15) is 0 Å². The van der Waals surface area contributed by atoms with Crippen molar-refractivity contribution in [3.8, 4) is 0 Å². The van der Waals surface area contributed by atoms with Crippen molar-refractivity contribution < 1.29 is 0 Å². The second-order valence-electron chi connectivity index (χ2n) is 2.40. The lowest BCUT2D eigenvalue weighted by atomic mass is 10.0. The Morgan fingerprint density at radius 1 is 1.78 bits per heavy atom. The maximum absolute atomic E-state index is 5.99. The van der Waals surface area contributed by atoms with Crippen molar-refractivity contribution in [1.82, 2.24) is 0 Å². The van der Waals surface area contributed by atoms with Crippen LogP contribution >= 0.6 is 27.5 Å². The Morgan fingerprint density at radius 2 is 2.44 bits per heavy atom. The van der Waals surface area contributed by atoms with Crippen LogP contribution in [0.1, 0.15) is 13.3 Å². The van der Waals surface area contributed by atoms with Gasteiger partial charge in [-0.1, -0.05) is 34.2 Å². The molecule has 1 unspecified atom stereocenters. The van der Waals surface area contributed by atoms with Gasteiger partial charge in [-0.25, -0.2) is 0 Å². The fraction of sp³-hybridized carbons (Fsp3) is 0.429. The lowest BCUT2D eigenvalue weighted by Crippen LogP contribution is -2.12. The van der Waals surface area contributed by atoms with E-state index in [1.165, 1.54) is 0 Å². The molecule has 9 heavy (non-hydrogen) atoms. The van der Waals surface area contributed by atoms with E-state index in [9.17, 15) is 0 Å². The first-order chi connectivity index (χ1) is 4.10. The molecule has 0 aromatic heterocycles. The molecule has 0 spiro atoms. The van der Waals surface area contributed by atoms with E-state index in [2.05, 4.69) is 22.0 Å². The van der Waals surface area contributed by atoms with Gasteiger partial charge in [-0.05, 0) is 13.3 Å². The molecule has 2 heteroatoms. The van der Waals surface area contributed by atoms with Crippen molar-refractivity contribution in [3.63, 3.8) is 0 Å². The van der Waals surface area contributed by atoms with Crippen LogP contribution in [-0.2, 0) is 0 Å². The second kappa shape index (κ2) is 2.47. The van der Waals surface area contributed by atoms with Gasteiger partial charge in [0.1, 0.15) is 0 Å². The fourth-order valence-electron chi connectivity index (χ4n) is 0.687. The average molecular weight is 207 g/mol. The van der Waals surface area contributed by atoms with E-state index < -0.39 is 0 Å². The van der Waals surface area contributed by atoms with Gasteiger partial charge in [0, 0.05) is 4.48 Å². The van der Waals surface area contributed by atoms with E-state index in [-0.39, 0.29) is 4.87 Å². The topological polar surface area (TPSA) is 0 Å². The third kappa shape index (κ3) is 2.15. The summed E-state index contributed by atoms with van der Waals surface area (Å²) in [5.41, 5.74) is 0. The summed E-state index contributed by atoms with van der Waals surface area (Å²) in [6.45, 7) is 2.00. The van der Waals surface area contributed by atoms with Crippen LogP contribution in [0, 0.1) is 0 Å². The van der Waals surface area contributed by atoms with Crippen molar-refractivity contribution in [1.29, 1.82) is 0 Å². The third-order valence-corrected chi connectivity index (χ3v) is 2.15. The first kappa shape index (κ1) is 7.36. The summed E-state index contributed by atoms with van der Waals surface area (Å²) in [6, 6.07) is 0. The van der Waals surface area contributed by atoms with Crippen molar-refractivity contribution in [2.24, 2.45) is 0 Å². The summed E-state index contributed by atoms with van der Waals surface area (Å²) in [7, 11) is 0. The van der Waals surface area contributed by atoms with Crippen LogP contribution in [0.5, 0.6) is 0 Å². The molecule has 1 atom stereocenters. The molecule has 0 radical (unpaired) electrons. The fourth-order valence-corrected chi connectivity index (χ4v) is 1.12. The van der Waals surface area contributed by atoms with Gasteiger partial charge >= 0.3 is 0 Å². The molecule has 0 nitrogen and oxygen atoms in total. The quantitative estimate of drug-likeness (QED) is 0.535. The Hall–Kier alpha value is 0.250. The number of halogens is 2. The molecule has 1 rings (SSSR count). The Balaban J connectivity index is 2.70. The van der Waals surface area contributed by atoms with Crippen LogP contribution < -0.4 is 0 Å². The van der Waals surface area contributed by atoms with E-state index in [4.69, 9.17) is 11.6 Å². The maximum Gasteiger partial charge on any atom is 0.0636 e. The molecule has 0 bridgehead atoms. The summed E-state index contributed by atoms with van der Waals surface area (Å²) in [6.07, 6.45) is 6.97. The van der Waals surface area contributed by atoms with Crippen LogP contribution in [0.3, 0.4) is 0 Å². The SMILES string of the molecule is CC1(Cl)C=CC(Br)=CC1. The van der Waals surface area contributed by atoms with E-state index in [1.807, 2.05) is 19.1 Å². The lowest BCUT2D eigenvalue weighted by molar-refractivity contribution is 0.782. The molecular formula is C7H8BrCl. The van der Waals surface area contributed by atoms with Crippen LogP contribution in [-0.4, -0.2) is 4.87 Å². The van der Waals surface area contributed by atoms with Gasteiger partial charge in [0.2, 0.25) is 0 Å². The van der Waals surface area contributed by atoms with E-state index in [0.717, 1.165) is 10.9 Å². The minimum Gasteiger partial charge on any atom is -0.115 e. The minimum absolute atomic E-state index is 0.155. The normalized spacial score (nSPS) is 34.3. The van der Waals surface area contributed by atoms with Crippen LogP contribution in [0.25, 0.3) is 0 Å². The first-order valence-electron chi connectivity index (χ1n) is 2.84. The Bertz CT molecular complexity index is 168. The second-order valence-corrected chi connectivity index (χ2v) is 4.18. The van der Waals surface area contributed by atoms with E-state index in [1.54, 1.807) is 0 Å². The molecule has 0 fully saturated rings. The highest BCUT2D eigenvalue weighted by atomic mass is 79.9. The highest BCUT2D eigenvalue weighted by Gasteiger charge is 2.17. The van der Waals surface area contributed by atoms with Gasteiger partial charge in [0.15, 0.2) is 0 Å². The molecule has 0 heterocycles. The summed E-state index contributed by atoms with van der Waals surface area (Å²) in [5.74, 6) is 0. The zero-order valence-corrected chi connectivity index (χ0v) is 7.54. The minimum atomic E-state index is -0.155. The molecule has 1 aliphatic rings. The van der Waals surface area contributed by atoms with Crippen molar-refractivity contribution in [2.75, 3.05) is 0 Å². The molecule has 0 aliphatic heterocycles. The number of alkyl halides is 1. The maximum atomic E-state index is 5.99. The molecule has 0 aromatic rings.